The quantitative estimate of drug-likeness (QED) is 0.843. The Balaban J connectivity index is 1.94. The fraction of sp³-hybridized carbons (Fsp3) is 0.500. The predicted octanol–water partition coefficient (Wildman–Crippen LogP) is 2.62. The van der Waals surface area contributed by atoms with Crippen LogP contribution in [-0.4, -0.2) is 17.6 Å². The molecule has 0 spiro atoms. The van der Waals surface area contributed by atoms with Gasteiger partial charge in [-0.2, -0.15) is 0 Å². The van der Waals surface area contributed by atoms with Gasteiger partial charge in [0.2, 0.25) is 0 Å². The van der Waals surface area contributed by atoms with Gasteiger partial charge in [-0.15, -0.1) is 0 Å². The summed E-state index contributed by atoms with van der Waals surface area (Å²) in [7, 11) is 0. The van der Waals surface area contributed by atoms with Crippen LogP contribution in [0.5, 0.6) is 5.75 Å². The second-order valence-corrected chi connectivity index (χ2v) is 4.88. The van der Waals surface area contributed by atoms with Crippen LogP contribution in [0.15, 0.2) is 18.2 Å². The molecule has 1 aliphatic carbocycles. The molecular formula is C14H19NO2. The van der Waals surface area contributed by atoms with Crippen molar-refractivity contribution >= 4 is 5.91 Å². The van der Waals surface area contributed by atoms with E-state index in [1.165, 1.54) is 25.7 Å². The van der Waals surface area contributed by atoms with Crippen molar-refractivity contribution in [1.82, 2.24) is 5.32 Å². The number of benzene rings is 1. The lowest BCUT2D eigenvalue weighted by molar-refractivity contribution is 0.0944. The number of aryl methyl sites for hydroxylation is 1. The van der Waals surface area contributed by atoms with E-state index in [9.17, 15) is 9.90 Å². The molecular weight excluding hydrogens is 214 g/mol. The first-order chi connectivity index (χ1) is 8.16. The normalized spacial score (nSPS) is 16.1. The van der Waals surface area contributed by atoms with Crippen molar-refractivity contribution in [2.45, 2.75) is 32.6 Å². The zero-order valence-electron chi connectivity index (χ0n) is 10.2. The molecule has 3 heteroatoms. The number of amides is 1. The molecule has 1 aromatic rings. The molecule has 0 atom stereocenters. The van der Waals surface area contributed by atoms with Gasteiger partial charge < -0.3 is 10.4 Å². The lowest BCUT2D eigenvalue weighted by Crippen LogP contribution is -2.28. The highest BCUT2D eigenvalue weighted by Gasteiger charge is 2.17. The van der Waals surface area contributed by atoms with Crippen LogP contribution in [0, 0.1) is 12.8 Å². The van der Waals surface area contributed by atoms with E-state index in [2.05, 4.69) is 5.32 Å². The molecule has 0 heterocycles. The molecule has 1 amide bonds. The number of carbonyl (C=O) groups excluding carboxylic acids is 1. The van der Waals surface area contributed by atoms with Crippen molar-refractivity contribution in [3.63, 3.8) is 0 Å². The molecule has 0 unspecified atom stereocenters. The molecule has 2 N–H and O–H groups in total. The topological polar surface area (TPSA) is 49.3 Å². The molecule has 0 saturated heterocycles. The minimum atomic E-state index is -0.172. The van der Waals surface area contributed by atoms with E-state index in [1.807, 2.05) is 13.0 Å². The summed E-state index contributed by atoms with van der Waals surface area (Å²) in [6.45, 7) is 2.62. The molecule has 0 bridgehead atoms. The lowest BCUT2D eigenvalue weighted by Gasteiger charge is -2.11. The summed E-state index contributed by atoms with van der Waals surface area (Å²) in [5.41, 5.74) is 1.32. The molecule has 0 aromatic heterocycles. The first-order valence-electron chi connectivity index (χ1n) is 6.24. The van der Waals surface area contributed by atoms with Gasteiger partial charge >= 0.3 is 0 Å². The van der Waals surface area contributed by atoms with E-state index in [4.69, 9.17) is 0 Å². The van der Waals surface area contributed by atoms with Crippen LogP contribution >= 0.6 is 0 Å². The third-order valence-electron chi connectivity index (χ3n) is 3.42. The maximum Gasteiger partial charge on any atom is 0.255 e. The number of hydrogen-bond acceptors (Lipinski definition) is 2. The van der Waals surface area contributed by atoms with Crippen LogP contribution in [0.4, 0.5) is 0 Å². The SMILES string of the molecule is Cc1ccc(C(=O)NCC2CCCC2)c(O)c1. The van der Waals surface area contributed by atoms with Gasteiger partial charge in [0, 0.05) is 6.54 Å². The van der Waals surface area contributed by atoms with Gasteiger partial charge in [-0.25, -0.2) is 0 Å². The van der Waals surface area contributed by atoms with E-state index < -0.39 is 0 Å². The number of phenols is 1. The zero-order chi connectivity index (χ0) is 12.3. The highest BCUT2D eigenvalue weighted by atomic mass is 16.3. The van der Waals surface area contributed by atoms with Crippen molar-refractivity contribution in [1.29, 1.82) is 0 Å². The summed E-state index contributed by atoms with van der Waals surface area (Å²) in [5, 5.41) is 12.6. The van der Waals surface area contributed by atoms with Crippen LogP contribution in [0.3, 0.4) is 0 Å². The minimum Gasteiger partial charge on any atom is -0.507 e. The van der Waals surface area contributed by atoms with Gasteiger partial charge in [0.25, 0.3) is 5.91 Å². The van der Waals surface area contributed by atoms with Crippen molar-refractivity contribution in [3.8, 4) is 5.75 Å². The summed E-state index contributed by atoms with van der Waals surface area (Å²) in [4.78, 5) is 11.9. The number of aromatic hydroxyl groups is 1. The smallest absolute Gasteiger partial charge is 0.255 e. The predicted molar refractivity (Wildman–Crippen MR) is 67.1 cm³/mol. The molecule has 1 aromatic carbocycles. The largest absolute Gasteiger partial charge is 0.507 e. The maximum absolute atomic E-state index is 11.9. The summed E-state index contributed by atoms with van der Waals surface area (Å²) >= 11 is 0. The van der Waals surface area contributed by atoms with Crippen molar-refractivity contribution in [2.24, 2.45) is 5.92 Å². The Labute approximate surface area is 102 Å². The summed E-state index contributed by atoms with van der Waals surface area (Å²) in [5.74, 6) is 0.509. The number of nitrogens with one attached hydrogen (secondary N) is 1. The Bertz CT molecular complexity index is 409. The first-order valence-corrected chi connectivity index (χ1v) is 6.24. The molecule has 1 aliphatic rings. The Morgan fingerprint density at radius 2 is 2.12 bits per heavy atom. The van der Waals surface area contributed by atoms with Gasteiger partial charge in [-0.1, -0.05) is 18.9 Å². The van der Waals surface area contributed by atoms with Crippen LogP contribution < -0.4 is 5.32 Å². The molecule has 1 saturated carbocycles. The fourth-order valence-electron chi connectivity index (χ4n) is 2.38. The third kappa shape index (κ3) is 2.99. The van der Waals surface area contributed by atoms with E-state index in [-0.39, 0.29) is 11.7 Å². The molecule has 3 nitrogen and oxygen atoms in total. The highest BCUT2D eigenvalue weighted by Crippen LogP contribution is 2.24. The lowest BCUT2D eigenvalue weighted by atomic mass is 10.1. The summed E-state index contributed by atoms with van der Waals surface area (Å²) in [6.07, 6.45) is 4.97. The van der Waals surface area contributed by atoms with Gasteiger partial charge in [0.15, 0.2) is 0 Å². The Morgan fingerprint density at radius 1 is 1.41 bits per heavy atom. The van der Waals surface area contributed by atoms with E-state index in [1.54, 1.807) is 12.1 Å². The van der Waals surface area contributed by atoms with Crippen molar-refractivity contribution in [2.75, 3.05) is 6.54 Å². The van der Waals surface area contributed by atoms with Crippen molar-refractivity contribution < 1.29 is 9.90 Å². The minimum absolute atomic E-state index is 0.0638. The molecule has 1 fully saturated rings. The number of carbonyl (C=O) groups is 1. The maximum atomic E-state index is 11.9. The van der Waals surface area contributed by atoms with Gasteiger partial charge in [-0.05, 0) is 43.4 Å². The van der Waals surface area contributed by atoms with Crippen LogP contribution in [0.1, 0.15) is 41.6 Å². The van der Waals surface area contributed by atoms with Gasteiger partial charge in [-0.3, -0.25) is 4.79 Å². The fourth-order valence-corrected chi connectivity index (χ4v) is 2.38. The number of rotatable bonds is 3. The second-order valence-electron chi connectivity index (χ2n) is 4.88. The average Bonchev–Trinajstić information content (AvgIpc) is 2.78. The molecule has 0 aliphatic heterocycles. The van der Waals surface area contributed by atoms with Gasteiger partial charge in [0.1, 0.15) is 5.75 Å². The number of phenolic OH excluding ortho intramolecular Hbond substituents is 1. The van der Waals surface area contributed by atoms with E-state index in [0.29, 0.717) is 11.5 Å². The van der Waals surface area contributed by atoms with Crippen molar-refractivity contribution in [3.05, 3.63) is 29.3 Å². The highest BCUT2D eigenvalue weighted by molar-refractivity contribution is 5.96. The molecule has 92 valence electrons. The zero-order valence-corrected chi connectivity index (χ0v) is 10.2. The van der Waals surface area contributed by atoms with Crippen LogP contribution in [-0.2, 0) is 0 Å². The van der Waals surface area contributed by atoms with E-state index >= 15 is 0 Å². The second kappa shape index (κ2) is 5.21. The number of hydrogen-bond donors (Lipinski definition) is 2. The van der Waals surface area contributed by atoms with Gasteiger partial charge in [0.05, 0.1) is 5.56 Å². The Hall–Kier alpha value is -1.51. The average molecular weight is 233 g/mol. The Kier molecular flexibility index (Phi) is 3.67. The standard InChI is InChI=1S/C14H19NO2/c1-10-6-7-12(13(16)8-10)14(17)15-9-11-4-2-3-5-11/h6-8,11,16H,2-5,9H2,1H3,(H,15,17). The molecule has 0 radical (unpaired) electrons. The summed E-state index contributed by atoms with van der Waals surface area (Å²) in [6, 6.07) is 5.13. The monoisotopic (exact) mass is 233 g/mol. The molecule has 2 rings (SSSR count). The Morgan fingerprint density at radius 3 is 2.76 bits per heavy atom. The van der Waals surface area contributed by atoms with E-state index in [0.717, 1.165) is 12.1 Å². The third-order valence-corrected chi connectivity index (χ3v) is 3.42. The molecule has 17 heavy (non-hydrogen) atoms. The van der Waals surface area contributed by atoms with Crippen LogP contribution in [0.2, 0.25) is 0 Å². The summed E-state index contributed by atoms with van der Waals surface area (Å²) < 4.78 is 0. The first kappa shape index (κ1) is 12.0. The van der Waals surface area contributed by atoms with Crippen LogP contribution in [0.25, 0.3) is 0 Å².